The molecule has 1 aromatic rings. The van der Waals surface area contributed by atoms with Gasteiger partial charge in [-0.2, -0.15) is 0 Å². The SMILES string of the molecule is Fc1ccccc1N1CC2CCNC2C1. The van der Waals surface area contributed by atoms with Gasteiger partial charge in [-0.3, -0.25) is 0 Å². The second-order valence-corrected chi connectivity index (χ2v) is 4.47. The standard InChI is InChI=1S/C12H15FN2/c13-10-3-1-2-4-12(10)15-7-9-5-6-14-11(9)8-15/h1-4,9,11,14H,5-8H2. The van der Waals surface area contributed by atoms with Crippen molar-refractivity contribution in [2.75, 3.05) is 24.5 Å². The molecule has 80 valence electrons. The van der Waals surface area contributed by atoms with E-state index in [2.05, 4.69) is 10.2 Å². The van der Waals surface area contributed by atoms with Crippen LogP contribution < -0.4 is 10.2 Å². The molecule has 0 aliphatic carbocycles. The number of hydrogen-bond acceptors (Lipinski definition) is 2. The highest BCUT2D eigenvalue weighted by atomic mass is 19.1. The molecule has 2 saturated heterocycles. The maximum atomic E-state index is 13.6. The highest BCUT2D eigenvalue weighted by molar-refractivity contribution is 5.49. The Morgan fingerprint density at radius 1 is 1.27 bits per heavy atom. The van der Waals surface area contributed by atoms with E-state index in [1.807, 2.05) is 12.1 Å². The maximum absolute atomic E-state index is 13.6. The van der Waals surface area contributed by atoms with E-state index in [1.54, 1.807) is 6.07 Å². The first-order valence-corrected chi connectivity index (χ1v) is 5.57. The predicted octanol–water partition coefficient (Wildman–Crippen LogP) is 1.62. The summed E-state index contributed by atoms with van der Waals surface area (Å²) in [5.74, 6) is 0.613. The number of halogens is 1. The van der Waals surface area contributed by atoms with Gasteiger partial charge in [-0.1, -0.05) is 12.1 Å². The molecule has 1 aromatic carbocycles. The van der Waals surface area contributed by atoms with E-state index in [1.165, 1.54) is 12.5 Å². The van der Waals surface area contributed by atoms with Crippen LogP contribution in [-0.2, 0) is 0 Å². The Balaban J connectivity index is 1.82. The molecule has 2 unspecified atom stereocenters. The van der Waals surface area contributed by atoms with E-state index in [4.69, 9.17) is 0 Å². The molecule has 2 heterocycles. The van der Waals surface area contributed by atoms with Crippen molar-refractivity contribution < 1.29 is 4.39 Å². The van der Waals surface area contributed by atoms with Gasteiger partial charge in [0.2, 0.25) is 0 Å². The topological polar surface area (TPSA) is 15.3 Å². The van der Waals surface area contributed by atoms with E-state index in [0.29, 0.717) is 12.0 Å². The van der Waals surface area contributed by atoms with Crippen LogP contribution in [0.3, 0.4) is 0 Å². The average Bonchev–Trinajstić information content (AvgIpc) is 2.77. The minimum atomic E-state index is -0.0996. The van der Waals surface area contributed by atoms with Crippen LogP contribution in [0.4, 0.5) is 10.1 Å². The zero-order chi connectivity index (χ0) is 10.3. The first kappa shape index (κ1) is 9.16. The van der Waals surface area contributed by atoms with Gasteiger partial charge in [0, 0.05) is 19.1 Å². The second-order valence-electron chi connectivity index (χ2n) is 4.47. The molecule has 2 fully saturated rings. The van der Waals surface area contributed by atoms with E-state index >= 15 is 0 Å². The van der Waals surface area contributed by atoms with Gasteiger partial charge in [0.1, 0.15) is 5.82 Å². The van der Waals surface area contributed by atoms with Crippen molar-refractivity contribution in [1.82, 2.24) is 5.32 Å². The van der Waals surface area contributed by atoms with Crippen LogP contribution in [0.2, 0.25) is 0 Å². The summed E-state index contributed by atoms with van der Waals surface area (Å²) in [6.07, 6.45) is 1.23. The summed E-state index contributed by atoms with van der Waals surface area (Å²) >= 11 is 0. The molecule has 2 aliphatic rings. The number of rotatable bonds is 1. The summed E-state index contributed by atoms with van der Waals surface area (Å²) in [6.45, 7) is 3.07. The summed E-state index contributed by atoms with van der Waals surface area (Å²) in [6, 6.07) is 7.63. The molecule has 15 heavy (non-hydrogen) atoms. The number of nitrogens with zero attached hydrogens (tertiary/aromatic N) is 1. The van der Waals surface area contributed by atoms with Gasteiger partial charge in [0.05, 0.1) is 5.69 Å². The Hall–Kier alpha value is -1.09. The van der Waals surface area contributed by atoms with Gasteiger partial charge in [0.25, 0.3) is 0 Å². The highest BCUT2D eigenvalue weighted by Crippen LogP contribution is 2.30. The number of fused-ring (bicyclic) bond motifs is 1. The molecule has 2 atom stereocenters. The van der Waals surface area contributed by atoms with Crippen molar-refractivity contribution >= 4 is 5.69 Å². The summed E-state index contributed by atoms with van der Waals surface area (Å²) < 4.78 is 13.6. The Morgan fingerprint density at radius 3 is 2.93 bits per heavy atom. The number of hydrogen-bond donors (Lipinski definition) is 1. The van der Waals surface area contributed by atoms with E-state index in [9.17, 15) is 4.39 Å². The third-order valence-corrected chi connectivity index (χ3v) is 3.56. The van der Waals surface area contributed by atoms with Gasteiger partial charge in [-0.25, -0.2) is 4.39 Å². The minimum absolute atomic E-state index is 0.0996. The molecular formula is C12H15FN2. The molecule has 2 nitrogen and oxygen atoms in total. The normalized spacial score (nSPS) is 29.5. The van der Waals surface area contributed by atoms with Crippen molar-refractivity contribution in [3.63, 3.8) is 0 Å². The molecule has 0 aromatic heterocycles. The van der Waals surface area contributed by atoms with Crippen molar-refractivity contribution in [2.45, 2.75) is 12.5 Å². The molecule has 0 amide bonds. The fourth-order valence-electron chi connectivity index (χ4n) is 2.75. The van der Waals surface area contributed by atoms with Crippen molar-refractivity contribution in [1.29, 1.82) is 0 Å². The maximum Gasteiger partial charge on any atom is 0.146 e. The summed E-state index contributed by atoms with van der Waals surface area (Å²) in [5, 5.41) is 3.47. The second kappa shape index (κ2) is 3.49. The lowest BCUT2D eigenvalue weighted by Gasteiger charge is -2.19. The zero-order valence-corrected chi connectivity index (χ0v) is 8.62. The van der Waals surface area contributed by atoms with Gasteiger partial charge in [-0.05, 0) is 31.0 Å². The van der Waals surface area contributed by atoms with Crippen LogP contribution >= 0.6 is 0 Å². The third-order valence-electron chi connectivity index (χ3n) is 3.56. The van der Waals surface area contributed by atoms with Crippen molar-refractivity contribution in [2.24, 2.45) is 5.92 Å². The molecule has 0 bridgehead atoms. The molecule has 0 radical (unpaired) electrons. The molecule has 3 heteroatoms. The lowest BCUT2D eigenvalue weighted by Crippen LogP contribution is -2.30. The lowest BCUT2D eigenvalue weighted by molar-refractivity contribution is 0.556. The van der Waals surface area contributed by atoms with Crippen LogP contribution in [-0.4, -0.2) is 25.7 Å². The van der Waals surface area contributed by atoms with Crippen LogP contribution in [0.1, 0.15) is 6.42 Å². The van der Waals surface area contributed by atoms with E-state index in [0.717, 1.165) is 25.3 Å². The first-order chi connectivity index (χ1) is 7.34. The largest absolute Gasteiger partial charge is 0.367 e. The van der Waals surface area contributed by atoms with Gasteiger partial charge in [0.15, 0.2) is 0 Å². The molecule has 2 aliphatic heterocycles. The number of nitrogens with one attached hydrogen (secondary N) is 1. The van der Waals surface area contributed by atoms with Crippen molar-refractivity contribution in [3.05, 3.63) is 30.1 Å². The Labute approximate surface area is 89.1 Å². The van der Waals surface area contributed by atoms with Gasteiger partial charge in [-0.15, -0.1) is 0 Å². The van der Waals surface area contributed by atoms with Gasteiger partial charge < -0.3 is 10.2 Å². The molecular weight excluding hydrogens is 191 g/mol. The number of benzene rings is 1. The number of anilines is 1. The van der Waals surface area contributed by atoms with Crippen LogP contribution in [0.25, 0.3) is 0 Å². The average molecular weight is 206 g/mol. The Kier molecular flexibility index (Phi) is 2.13. The summed E-state index contributed by atoms with van der Waals surface area (Å²) in [7, 11) is 0. The molecule has 3 rings (SSSR count). The van der Waals surface area contributed by atoms with Crippen LogP contribution in [0, 0.1) is 11.7 Å². The lowest BCUT2D eigenvalue weighted by atomic mass is 10.1. The van der Waals surface area contributed by atoms with Gasteiger partial charge >= 0.3 is 0 Å². The third kappa shape index (κ3) is 1.51. The predicted molar refractivity (Wildman–Crippen MR) is 58.5 cm³/mol. The summed E-state index contributed by atoms with van der Waals surface area (Å²) in [5.41, 5.74) is 0.758. The minimum Gasteiger partial charge on any atom is -0.367 e. The van der Waals surface area contributed by atoms with E-state index < -0.39 is 0 Å². The quantitative estimate of drug-likeness (QED) is 0.751. The van der Waals surface area contributed by atoms with E-state index in [-0.39, 0.29) is 5.82 Å². The Bertz CT molecular complexity index is 354. The van der Waals surface area contributed by atoms with Crippen LogP contribution in [0.5, 0.6) is 0 Å². The molecule has 0 saturated carbocycles. The first-order valence-electron chi connectivity index (χ1n) is 5.57. The smallest absolute Gasteiger partial charge is 0.146 e. The fourth-order valence-corrected chi connectivity index (χ4v) is 2.75. The number of para-hydroxylation sites is 1. The zero-order valence-electron chi connectivity index (χ0n) is 8.62. The van der Waals surface area contributed by atoms with Crippen LogP contribution in [0.15, 0.2) is 24.3 Å². The molecule has 0 spiro atoms. The highest BCUT2D eigenvalue weighted by Gasteiger charge is 2.36. The van der Waals surface area contributed by atoms with Crippen molar-refractivity contribution in [3.8, 4) is 0 Å². The Morgan fingerprint density at radius 2 is 2.13 bits per heavy atom. The monoisotopic (exact) mass is 206 g/mol. The fraction of sp³-hybridized carbons (Fsp3) is 0.500. The molecule has 1 N–H and O–H groups in total. The summed E-state index contributed by atoms with van der Waals surface area (Å²) in [4.78, 5) is 2.16.